The molecule has 0 aromatic heterocycles. The molecule has 30 heavy (non-hydrogen) atoms. The first-order chi connectivity index (χ1) is 14.3. The van der Waals surface area contributed by atoms with E-state index in [1.807, 2.05) is 24.3 Å². The summed E-state index contributed by atoms with van der Waals surface area (Å²) in [5, 5.41) is 3.47. The lowest BCUT2D eigenvalue weighted by Crippen LogP contribution is -2.40. The van der Waals surface area contributed by atoms with Gasteiger partial charge in [0.1, 0.15) is 19.8 Å². The molecule has 0 radical (unpaired) electrons. The molecule has 2 aromatic rings. The minimum Gasteiger partial charge on any atom is -0.486 e. The Balaban J connectivity index is 1.51. The Morgan fingerprint density at radius 3 is 2.53 bits per heavy atom. The number of fused-ring (bicyclic) bond motifs is 1. The molecule has 7 nitrogen and oxygen atoms in total. The van der Waals surface area contributed by atoms with E-state index in [4.69, 9.17) is 21.1 Å². The number of nitrogens with one attached hydrogen (secondary N) is 1. The van der Waals surface area contributed by atoms with Crippen molar-refractivity contribution in [2.24, 2.45) is 0 Å². The van der Waals surface area contributed by atoms with Gasteiger partial charge in [0.2, 0.25) is 15.9 Å². The highest BCUT2D eigenvalue weighted by molar-refractivity contribution is 7.99. The van der Waals surface area contributed by atoms with Gasteiger partial charge in [-0.05, 0) is 48.6 Å². The SMILES string of the molecule is CS(=O)(=O)N(CC(=O)NCCCSc1ccc(Cl)cc1)c1ccc2c(c1)OCCO2. The Morgan fingerprint density at radius 1 is 1.13 bits per heavy atom. The summed E-state index contributed by atoms with van der Waals surface area (Å²) < 4.78 is 36.5. The van der Waals surface area contributed by atoms with E-state index in [0.29, 0.717) is 42.0 Å². The predicted molar refractivity (Wildman–Crippen MR) is 119 cm³/mol. The molecule has 1 aliphatic rings. The van der Waals surface area contributed by atoms with Gasteiger partial charge in [0.05, 0.1) is 11.9 Å². The molecule has 0 bridgehead atoms. The van der Waals surface area contributed by atoms with Crippen LogP contribution in [0.25, 0.3) is 0 Å². The van der Waals surface area contributed by atoms with Crippen molar-refractivity contribution in [3.63, 3.8) is 0 Å². The zero-order chi connectivity index (χ0) is 21.6. The molecule has 2 aromatic carbocycles. The second-order valence-electron chi connectivity index (χ2n) is 6.60. The summed E-state index contributed by atoms with van der Waals surface area (Å²) in [6, 6.07) is 12.4. The first kappa shape index (κ1) is 22.6. The Kier molecular flexibility index (Phi) is 7.74. The number of nitrogens with zero attached hydrogens (tertiary/aromatic N) is 1. The van der Waals surface area contributed by atoms with Crippen molar-refractivity contribution in [3.05, 3.63) is 47.5 Å². The van der Waals surface area contributed by atoms with Gasteiger partial charge in [0.15, 0.2) is 11.5 Å². The molecule has 1 N–H and O–H groups in total. The van der Waals surface area contributed by atoms with Crippen LogP contribution < -0.4 is 19.1 Å². The number of anilines is 1. The lowest BCUT2D eigenvalue weighted by Gasteiger charge is -2.24. The lowest BCUT2D eigenvalue weighted by atomic mass is 10.2. The van der Waals surface area contributed by atoms with E-state index in [2.05, 4.69) is 5.32 Å². The Morgan fingerprint density at radius 2 is 1.83 bits per heavy atom. The maximum Gasteiger partial charge on any atom is 0.240 e. The molecular formula is C20H23ClN2O5S2. The number of sulfonamides is 1. The van der Waals surface area contributed by atoms with Crippen LogP contribution in [0.1, 0.15) is 6.42 Å². The zero-order valence-electron chi connectivity index (χ0n) is 16.5. The van der Waals surface area contributed by atoms with Gasteiger partial charge in [-0.1, -0.05) is 11.6 Å². The van der Waals surface area contributed by atoms with Gasteiger partial charge in [0, 0.05) is 22.5 Å². The van der Waals surface area contributed by atoms with Crippen LogP contribution in [-0.4, -0.2) is 52.6 Å². The van der Waals surface area contributed by atoms with Crippen LogP contribution in [0.3, 0.4) is 0 Å². The third kappa shape index (κ3) is 6.45. The number of hydrogen-bond donors (Lipinski definition) is 1. The van der Waals surface area contributed by atoms with Gasteiger partial charge in [-0.2, -0.15) is 0 Å². The standard InChI is InChI=1S/C20H23ClN2O5S2/c1-30(25,26)23(16-5-8-18-19(13-16)28-11-10-27-18)14-20(24)22-9-2-12-29-17-6-3-15(21)4-7-17/h3-8,13H,2,9-12,14H2,1H3,(H,22,24). The molecule has 0 aliphatic carbocycles. The second-order valence-corrected chi connectivity index (χ2v) is 10.1. The van der Waals surface area contributed by atoms with Crippen LogP contribution in [0.15, 0.2) is 47.4 Å². The maximum atomic E-state index is 12.3. The number of amides is 1. The monoisotopic (exact) mass is 470 g/mol. The highest BCUT2D eigenvalue weighted by Crippen LogP contribution is 2.34. The zero-order valence-corrected chi connectivity index (χ0v) is 18.9. The molecule has 0 atom stereocenters. The van der Waals surface area contributed by atoms with E-state index in [1.54, 1.807) is 30.0 Å². The van der Waals surface area contributed by atoms with Crippen LogP contribution in [0.5, 0.6) is 11.5 Å². The van der Waals surface area contributed by atoms with Crippen molar-refractivity contribution < 1.29 is 22.7 Å². The van der Waals surface area contributed by atoms with Crippen molar-refractivity contribution >= 4 is 45.0 Å². The number of thioether (sulfide) groups is 1. The first-order valence-electron chi connectivity index (χ1n) is 9.35. The largest absolute Gasteiger partial charge is 0.486 e. The van der Waals surface area contributed by atoms with Crippen LogP contribution in [0.2, 0.25) is 5.02 Å². The summed E-state index contributed by atoms with van der Waals surface area (Å²) in [7, 11) is -3.65. The summed E-state index contributed by atoms with van der Waals surface area (Å²) in [5.74, 6) is 1.47. The maximum absolute atomic E-state index is 12.3. The lowest BCUT2D eigenvalue weighted by molar-refractivity contribution is -0.119. The van der Waals surface area contributed by atoms with Crippen LogP contribution in [0, 0.1) is 0 Å². The minimum absolute atomic E-state index is 0.303. The van der Waals surface area contributed by atoms with Gasteiger partial charge in [0.25, 0.3) is 0 Å². The normalized spacial score (nSPS) is 13.0. The predicted octanol–water partition coefficient (Wildman–Crippen LogP) is 3.18. The number of halogens is 1. The average molecular weight is 471 g/mol. The molecule has 1 aliphatic heterocycles. The Hall–Kier alpha value is -2.10. The van der Waals surface area contributed by atoms with Gasteiger partial charge < -0.3 is 14.8 Å². The van der Waals surface area contributed by atoms with Crippen LogP contribution >= 0.6 is 23.4 Å². The fourth-order valence-corrected chi connectivity index (χ4v) is 4.62. The smallest absolute Gasteiger partial charge is 0.240 e. The molecule has 0 saturated heterocycles. The number of hydrogen-bond acceptors (Lipinski definition) is 6. The van der Waals surface area contributed by atoms with Crippen LogP contribution in [0.4, 0.5) is 5.69 Å². The minimum atomic E-state index is -3.65. The molecule has 0 spiro atoms. The Labute approximate surface area is 185 Å². The summed E-state index contributed by atoms with van der Waals surface area (Å²) >= 11 is 7.53. The molecule has 10 heteroatoms. The molecule has 0 fully saturated rings. The van der Waals surface area contributed by atoms with Crippen molar-refractivity contribution in [2.45, 2.75) is 11.3 Å². The van der Waals surface area contributed by atoms with Crippen LogP contribution in [-0.2, 0) is 14.8 Å². The van der Waals surface area contributed by atoms with Crippen molar-refractivity contribution in [2.75, 3.05) is 42.6 Å². The summed E-state index contributed by atoms with van der Waals surface area (Å²) in [4.78, 5) is 13.4. The highest BCUT2D eigenvalue weighted by atomic mass is 35.5. The van der Waals surface area contributed by atoms with Crippen molar-refractivity contribution in [1.29, 1.82) is 0 Å². The average Bonchev–Trinajstić information content (AvgIpc) is 2.72. The molecule has 3 rings (SSSR count). The van der Waals surface area contributed by atoms with Gasteiger partial charge >= 0.3 is 0 Å². The third-order valence-electron chi connectivity index (χ3n) is 4.23. The molecule has 0 saturated carbocycles. The van der Waals surface area contributed by atoms with E-state index in [9.17, 15) is 13.2 Å². The molecule has 1 heterocycles. The van der Waals surface area contributed by atoms with E-state index >= 15 is 0 Å². The van der Waals surface area contributed by atoms with E-state index in [1.165, 1.54) is 0 Å². The highest BCUT2D eigenvalue weighted by Gasteiger charge is 2.23. The summed E-state index contributed by atoms with van der Waals surface area (Å²) in [5.41, 5.74) is 0.357. The Bertz CT molecular complexity index is 983. The summed E-state index contributed by atoms with van der Waals surface area (Å²) in [6.07, 6.45) is 1.82. The quantitative estimate of drug-likeness (QED) is 0.447. The van der Waals surface area contributed by atoms with Crippen molar-refractivity contribution in [1.82, 2.24) is 5.32 Å². The first-order valence-corrected chi connectivity index (χ1v) is 12.6. The number of rotatable bonds is 9. The molecule has 1 amide bonds. The second kappa shape index (κ2) is 10.3. The molecule has 0 unspecified atom stereocenters. The molecular weight excluding hydrogens is 448 g/mol. The third-order valence-corrected chi connectivity index (χ3v) is 6.72. The molecule has 162 valence electrons. The van der Waals surface area contributed by atoms with Gasteiger partial charge in [-0.15, -0.1) is 11.8 Å². The van der Waals surface area contributed by atoms with Crippen molar-refractivity contribution in [3.8, 4) is 11.5 Å². The fraction of sp³-hybridized carbons (Fsp3) is 0.350. The number of ether oxygens (including phenoxy) is 2. The number of carbonyl (C=O) groups is 1. The number of benzene rings is 2. The van der Waals surface area contributed by atoms with E-state index in [-0.39, 0.29) is 12.5 Å². The fourth-order valence-electron chi connectivity index (χ4n) is 2.79. The van der Waals surface area contributed by atoms with Gasteiger partial charge in [-0.3, -0.25) is 9.10 Å². The van der Waals surface area contributed by atoms with Gasteiger partial charge in [-0.25, -0.2) is 8.42 Å². The van der Waals surface area contributed by atoms with E-state index in [0.717, 1.165) is 27.6 Å². The topological polar surface area (TPSA) is 84.9 Å². The van der Waals surface area contributed by atoms with E-state index < -0.39 is 10.0 Å². The number of carbonyl (C=O) groups excluding carboxylic acids is 1. The summed E-state index contributed by atoms with van der Waals surface area (Å²) in [6.45, 7) is 0.992.